The summed E-state index contributed by atoms with van der Waals surface area (Å²) in [6.45, 7) is 3.89. The van der Waals surface area contributed by atoms with Crippen molar-refractivity contribution in [2.45, 2.75) is 24.8 Å². The van der Waals surface area contributed by atoms with Crippen molar-refractivity contribution in [3.05, 3.63) is 88.2 Å². The summed E-state index contributed by atoms with van der Waals surface area (Å²) >= 11 is 7.53. The van der Waals surface area contributed by atoms with Gasteiger partial charge >= 0.3 is 5.97 Å². The van der Waals surface area contributed by atoms with Crippen LogP contribution in [0.15, 0.2) is 70.2 Å². The Hall–Kier alpha value is -3.09. The summed E-state index contributed by atoms with van der Waals surface area (Å²) in [4.78, 5) is 20.4. The van der Waals surface area contributed by atoms with E-state index in [0.717, 1.165) is 22.5 Å². The molecule has 0 saturated heterocycles. The van der Waals surface area contributed by atoms with E-state index < -0.39 is 5.97 Å². The van der Waals surface area contributed by atoms with Crippen molar-refractivity contribution in [3.63, 3.8) is 0 Å². The molecule has 4 rings (SSSR count). The average molecular weight is 451 g/mol. The largest absolute Gasteiger partial charge is 0.478 e. The molecule has 0 atom stereocenters. The lowest BCUT2D eigenvalue weighted by molar-refractivity contribution is 0.0697. The lowest BCUT2D eigenvalue weighted by atomic mass is 10.1. The first-order valence-electron chi connectivity index (χ1n) is 9.56. The maximum Gasteiger partial charge on any atom is 0.335 e. The molecular weight excluding hydrogens is 432 g/mol. The number of carboxylic acids is 1. The van der Waals surface area contributed by atoms with E-state index in [1.807, 2.05) is 56.3 Å². The van der Waals surface area contributed by atoms with Gasteiger partial charge in [-0.2, -0.15) is 0 Å². The van der Waals surface area contributed by atoms with Crippen LogP contribution < -0.4 is 0 Å². The Morgan fingerprint density at radius 2 is 1.71 bits per heavy atom. The second-order valence-corrected chi connectivity index (χ2v) is 8.46. The number of aryl methyl sites for hydroxylation is 2. The number of benzene rings is 2. The van der Waals surface area contributed by atoms with Crippen molar-refractivity contribution in [2.75, 3.05) is 0 Å². The van der Waals surface area contributed by atoms with Gasteiger partial charge in [0.1, 0.15) is 11.5 Å². The first-order valence-corrected chi connectivity index (χ1v) is 10.9. The number of nitrogens with zero attached hydrogens (tertiary/aromatic N) is 2. The molecule has 0 aliphatic heterocycles. The molecule has 0 amide bonds. The molecule has 2 aromatic carbocycles. The molecule has 0 bridgehead atoms. The predicted octanol–water partition coefficient (Wildman–Crippen LogP) is 6.66. The Balaban J connectivity index is 1.73. The lowest BCUT2D eigenvalue weighted by Crippen LogP contribution is -1.96. The van der Waals surface area contributed by atoms with Gasteiger partial charge in [0, 0.05) is 38.9 Å². The number of hydrogen-bond donors (Lipinski definition) is 1. The van der Waals surface area contributed by atoms with Gasteiger partial charge in [-0.1, -0.05) is 35.5 Å². The summed E-state index contributed by atoms with van der Waals surface area (Å²) in [6.07, 6.45) is 0. The third kappa shape index (κ3) is 4.98. The third-order valence-corrected chi connectivity index (χ3v) is 5.78. The number of carboxylic acid groups (broad SMARTS) is 1. The fraction of sp³-hybridized carbons (Fsp3) is 0.125. The van der Waals surface area contributed by atoms with Gasteiger partial charge in [-0.3, -0.25) is 0 Å². The van der Waals surface area contributed by atoms with Crippen LogP contribution in [0.25, 0.3) is 22.6 Å². The van der Waals surface area contributed by atoms with Crippen LogP contribution in [0.3, 0.4) is 0 Å². The molecular formula is C24H19ClN2O3S. The molecule has 0 fully saturated rings. The lowest BCUT2D eigenvalue weighted by Gasteiger charge is -2.05. The second-order valence-electron chi connectivity index (χ2n) is 7.08. The van der Waals surface area contributed by atoms with Gasteiger partial charge in [0.25, 0.3) is 0 Å². The molecule has 156 valence electrons. The molecule has 0 unspecified atom stereocenters. The Morgan fingerprint density at radius 1 is 1.00 bits per heavy atom. The summed E-state index contributed by atoms with van der Waals surface area (Å²) in [7, 11) is 0. The van der Waals surface area contributed by atoms with Gasteiger partial charge in [0.15, 0.2) is 5.16 Å². The number of thioether (sulfide) groups is 1. The number of rotatable bonds is 6. The third-order valence-electron chi connectivity index (χ3n) is 4.63. The van der Waals surface area contributed by atoms with E-state index in [2.05, 4.69) is 9.97 Å². The van der Waals surface area contributed by atoms with Gasteiger partial charge in [0.05, 0.1) is 5.56 Å². The number of halogens is 1. The molecule has 0 radical (unpaired) electrons. The van der Waals surface area contributed by atoms with Crippen LogP contribution in [-0.4, -0.2) is 21.0 Å². The van der Waals surface area contributed by atoms with Gasteiger partial charge in [-0.15, -0.1) is 0 Å². The van der Waals surface area contributed by atoms with Crippen molar-refractivity contribution >= 4 is 29.3 Å². The number of carbonyl (C=O) groups is 1. The molecule has 1 N–H and O–H groups in total. The Kier molecular flexibility index (Phi) is 6.11. The van der Waals surface area contributed by atoms with Gasteiger partial charge in [0.2, 0.25) is 0 Å². The summed E-state index contributed by atoms with van der Waals surface area (Å²) in [6, 6.07) is 18.0. The topological polar surface area (TPSA) is 76.2 Å². The minimum atomic E-state index is -0.981. The van der Waals surface area contributed by atoms with Crippen molar-refractivity contribution in [2.24, 2.45) is 0 Å². The van der Waals surface area contributed by atoms with Gasteiger partial charge < -0.3 is 9.52 Å². The molecule has 0 aliphatic carbocycles. The molecule has 2 aromatic heterocycles. The normalized spacial score (nSPS) is 10.9. The number of aromatic carboxylic acids is 1. The van der Waals surface area contributed by atoms with E-state index in [9.17, 15) is 9.90 Å². The molecule has 31 heavy (non-hydrogen) atoms. The van der Waals surface area contributed by atoms with Crippen LogP contribution in [0.2, 0.25) is 5.02 Å². The highest BCUT2D eigenvalue weighted by Crippen LogP contribution is 2.36. The monoisotopic (exact) mass is 450 g/mol. The molecule has 7 heteroatoms. The zero-order valence-corrected chi connectivity index (χ0v) is 18.5. The number of furan rings is 1. The van der Waals surface area contributed by atoms with E-state index in [4.69, 9.17) is 16.0 Å². The second kappa shape index (κ2) is 8.96. The molecule has 4 aromatic rings. The van der Waals surface area contributed by atoms with Crippen molar-refractivity contribution in [1.82, 2.24) is 9.97 Å². The van der Waals surface area contributed by atoms with Crippen LogP contribution in [0.1, 0.15) is 27.3 Å². The maximum atomic E-state index is 11.4. The van der Waals surface area contributed by atoms with E-state index >= 15 is 0 Å². The summed E-state index contributed by atoms with van der Waals surface area (Å²) in [5.74, 6) is 0.909. The minimum Gasteiger partial charge on any atom is -0.478 e. The zero-order chi connectivity index (χ0) is 22.0. The molecule has 0 saturated carbocycles. The summed E-state index contributed by atoms with van der Waals surface area (Å²) in [5.41, 5.74) is 4.56. The molecule has 2 heterocycles. The molecule has 0 spiro atoms. The van der Waals surface area contributed by atoms with Crippen LogP contribution in [0, 0.1) is 13.8 Å². The van der Waals surface area contributed by atoms with Crippen molar-refractivity contribution < 1.29 is 14.3 Å². The van der Waals surface area contributed by atoms with E-state index in [1.165, 1.54) is 11.8 Å². The summed E-state index contributed by atoms with van der Waals surface area (Å²) < 4.78 is 6.21. The average Bonchev–Trinajstić information content (AvgIpc) is 3.16. The van der Waals surface area contributed by atoms with E-state index in [-0.39, 0.29) is 5.56 Å². The Bertz CT molecular complexity index is 1230. The number of hydrogen-bond acceptors (Lipinski definition) is 5. The Morgan fingerprint density at radius 3 is 2.39 bits per heavy atom. The van der Waals surface area contributed by atoms with Gasteiger partial charge in [-0.25, -0.2) is 14.8 Å². The highest BCUT2D eigenvalue weighted by Gasteiger charge is 2.17. The minimum absolute atomic E-state index is 0.207. The SMILES string of the molecule is Cc1cc(C)nc(SCc2cc(-c3ccc(Cl)cc3)oc2-c2cccc(C(=O)O)c2)n1. The standard InChI is InChI=1S/C24H19ClN2O3S/c1-14-10-15(2)27-24(26-14)31-13-19-12-21(16-6-8-20(25)9-7-16)30-22(19)17-4-3-5-18(11-17)23(28)29/h3-12H,13H2,1-2H3,(H,28,29). The van der Waals surface area contributed by atoms with E-state index in [0.29, 0.717) is 33.0 Å². The maximum absolute atomic E-state index is 11.4. The van der Waals surface area contributed by atoms with Crippen molar-refractivity contribution in [3.8, 4) is 22.6 Å². The van der Waals surface area contributed by atoms with Crippen LogP contribution in [0.5, 0.6) is 0 Å². The first-order chi connectivity index (χ1) is 14.9. The highest BCUT2D eigenvalue weighted by atomic mass is 35.5. The quantitative estimate of drug-likeness (QED) is 0.261. The molecule has 0 aliphatic rings. The van der Waals surface area contributed by atoms with Crippen molar-refractivity contribution in [1.29, 1.82) is 0 Å². The van der Waals surface area contributed by atoms with Crippen LogP contribution >= 0.6 is 23.4 Å². The van der Waals surface area contributed by atoms with Gasteiger partial charge in [-0.05, 0) is 62.4 Å². The molecule has 5 nitrogen and oxygen atoms in total. The fourth-order valence-corrected chi connectivity index (χ4v) is 4.27. The van der Waals surface area contributed by atoms with Crippen LogP contribution in [0.4, 0.5) is 0 Å². The highest BCUT2D eigenvalue weighted by molar-refractivity contribution is 7.98. The number of aromatic nitrogens is 2. The predicted molar refractivity (Wildman–Crippen MR) is 123 cm³/mol. The van der Waals surface area contributed by atoms with Crippen LogP contribution in [-0.2, 0) is 5.75 Å². The first kappa shape index (κ1) is 21.2. The smallest absolute Gasteiger partial charge is 0.335 e. The zero-order valence-electron chi connectivity index (χ0n) is 16.9. The van der Waals surface area contributed by atoms with E-state index in [1.54, 1.807) is 18.2 Å². The summed E-state index contributed by atoms with van der Waals surface area (Å²) in [5, 5.41) is 10.7. The Labute approximate surface area is 189 Å². The fourth-order valence-electron chi connectivity index (χ4n) is 3.23.